The van der Waals surface area contributed by atoms with Gasteiger partial charge in [0.1, 0.15) is 6.54 Å². The fourth-order valence-electron chi connectivity index (χ4n) is 2.99. The van der Waals surface area contributed by atoms with Gasteiger partial charge in [0.15, 0.2) is 4.83 Å². The number of fused-ring (bicyclic) bond motifs is 3. The van der Waals surface area contributed by atoms with E-state index < -0.39 is 0 Å². The van der Waals surface area contributed by atoms with E-state index in [-0.39, 0.29) is 18.0 Å². The third-order valence-corrected chi connectivity index (χ3v) is 5.47. The Morgan fingerprint density at radius 1 is 1.48 bits per heavy atom. The standard InChI is InChI=1S/C16H22N4O2S/c1-3-4-7-17-13(21)9-20-16(22)14-11-6-5-10(2)8-12(11)23-15(14)18-19-20/h10H,3-9H2,1-2H3,(H,17,21)/t10-/m0/s1. The number of carbonyl (C=O) groups is 1. The molecular weight excluding hydrogens is 312 g/mol. The Bertz CT molecular complexity index is 780. The maximum Gasteiger partial charge on any atom is 0.279 e. The molecule has 2 aromatic heterocycles. The Balaban J connectivity index is 1.87. The van der Waals surface area contributed by atoms with Crippen LogP contribution in [0.4, 0.5) is 0 Å². The summed E-state index contributed by atoms with van der Waals surface area (Å²) in [6.07, 6.45) is 4.97. The van der Waals surface area contributed by atoms with Gasteiger partial charge in [0.25, 0.3) is 5.56 Å². The van der Waals surface area contributed by atoms with Crippen LogP contribution in [-0.2, 0) is 24.2 Å². The molecule has 1 aliphatic rings. The smallest absolute Gasteiger partial charge is 0.279 e. The van der Waals surface area contributed by atoms with Gasteiger partial charge >= 0.3 is 0 Å². The number of carbonyl (C=O) groups excluding carboxylic acids is 1. The summed E-state index contributed by atoms with van der Waals surface area (Å²) in [5.41, 5.74) is 0.941. The van der Waals surface area contributed by atoms with E-state index >= 15 is 0 Å². The number of amides is 1. The number of hydrogen-bond acceptors (Lipinski definition) is 5. The van der Waals surface area contributed by atoms with Gasteiger partial charge in [0.05, 0.1) is 5.39 Å². The molecule has 2 heterocycles. The number of unbranched alkanes of at least 4 members (excludes halogenated alkanes) is 1. The molecule has 1 aliphatic carbocycles. The van der Waals surface area contributed by atoms with Crippen molar-refractivity contribution < 1.29 is 4.79 Å². The molecule has 2 aromatic rings. The summed E-state index contributed by atoms with van der Waals surface area (Å²) in [5.74, 6) is 0.460. The molecule has 0 aliphatic heterocycles. The second kappa shape index (κ2) is 6.78. The van der Waals surface area contributed by atoms with Crippen LogP contribution in [0.2, 0.25) is 0 Å². The van der Waals surface area contributed by atoms with E-state index in [0.29, 0.717) is 22.7 Å². The van der Waals surface area contributed by atoms with E-state index in [0.717, 1.165) is 37.7 Å². The fourth-order valence-corrected chi connectivity index (χ4v) is 4.31. The summed E-state index contributed by atoms with van der Waals surface area (Å²) in [4.78, 5) is 26.6. The Morgan fingerprint density at radius 3 is 3.09 bits per heavy atom. The number of nitrogens with zero attached hydrogens (tertiary/aromatic N) is 3. The average Bonchev–Trinajstić information content (AvgIpc) is 2.88. The number of nitrogens with one attached hydrogen (secondary N) is 1. The highest BCUT2D eigenvalue weighted by atomic mass is 32.1. The minimum atomic E-state index is -0.188. The normalized spacial score (nSPS) is 17.2. The summed E-state index contributed by atoms with van der Waals surface area (Å²) in [6.45, 7) is 4.87. The fraction of sp³-hybridized carbons (Fsp3) is 0.625. The van der Waals surface area contributed by atoms with E-state index in [1.807, 2.05) is 0 Å². The molecule has 1 amide bonds. The molecule has 7 heteroatoms. The van der Waals surface area contributed by atoms with E-state index in [1.165, 1.54) is 9.56 Å². The Hall–Kier alpha value is -1.76. The van der Waals surface area contributed by atoms with Crippen molar-refractivity contribution in [3.05, 3.63) is 20.8 Å². The van der Waals surface area contributed by atoms with Crippen molar-refractivity contribution >= 4 is 27.5 Å². The van der Waals surface area contributed by atoms with E-state index in [1.54, 1.807) is 11.3 Å². The van der Waals surface area contributed by atoms with Gasteiger partial charge in [0, 0.05) is 11.4 Å². The SMILES string of the molecule is CCCCNC(=O)Cn1nnc2sc3c(c2c1=O)CC[C@H](C)C3. The molecule has 3 rings (SSSR count). The largest absolute Gasteiger partial charge is 0.354 e. The van der Waals surface area contributed by atoms with Gasteiger partial charge < -0.3 is 5.32 Å². The summed E-state index contributed by atoms with van der Waals surface area (Å²) in [7, 11) is 0. The topological polar surface area (TPSA) is 76.9 Å². The van der Waals surface area contributed by atoms with Crippen LogP contribution in [-0.4, -0.2) is 27.4 Å². The Morgan fingerprint density at radius 2 is 2.30 bits per heavy atom. The molecule has 124 valence electrons. The quantitative estimate of drug-likeness (QED) is 0.847. The summed E-state index contributed by atoms with van der Waals surface area (Å²) >= 11 is 1.57. The second-order valence-electron chi connectivity index (χ2n) is 6.29. The number of hydrogen-bond donors (Lipinski definition) is 1. The average molecular weight is 334 g/mol. The van der Waals surface area contributed by atoms with Gasteiger partial charge in [-0.15, -0.1) is 16.4 Å². The molecule has 23 heavy (non-hydrogen) atoms. The lowest BCUT2D eigenvalue weighted by Gasteiger charge is -2.17. The van der Waals surface area contributed by atoms with Crippen molar-refractivity contribution in [1.82, 2.24) is 20.3 Å². The third-order valence-electron chi connectivity index (χ3n) is 4.33. The van der Waals surface area contributed by atoms with Crippen molar-refractivity contribution in [2.45, 2.75) is 52.5 Å². The molecule has 0 unspecified atom stereocenters. The molecule has 0 fully saturated rings. The molecule has 0 spiro atoms. The molecule has 1 N–H and O–H groups in total. The van der Waals surface area contributed by atoms with Gasteiger partial charge in [-0.1, -0.05) is 25.5 Å². The first-order valence-electron chi connectivity index (χ1n) is 8.25. The first-order valence-corrected chi connectivity index (χ1v) is 9.06. The van der Waals surface area contributed by atoms with Crippen LogP contribution in [0.1, 0.15) is 43.6 Å². The summed E-state index contributed by atoms with van der Waals surface area (Å²) < 4.78 is 1.19. The Kier molecular flexibility index (Phi) is 4.75. The second-order valence-corrected chi connectivity index (χ2v) is 7.37. The van der Waals surface area contributed by atoms with E-state index in [2.05, 4.69) is 29.5 Å². The highest BCUT2D eigenvalue weighted by Gasteiger charge is 2.23. The van der Waals surface area contributed by atoms with Crippen LogP contribution in [0.25, 0.3) is 10.2 Å². The molecule has 0 aromatic carbocycles. The van der Waals surface area contributed by atoms with Crippen molar-refractivity contribution in [3.8, 4) is 0 Å². The molecule has 0 saturated heterocycles. The number of thiophene rings is 1. The lowest BCUT2D eigenvalue weighted by atomic mass is 9.89. The lowest BCUT2D eigenvalue weighted by molar-refractivity contribution is -0.121. The zero-order valence-electron chi connectivity index (χ0n) is 13.6. The van der Waals surface area contributed by atoms with E-state index in [9.17, 15) is 9.59 Å². The first-order chi connectivity index (χ1) is 11.1. The Labute approximate surface area is 138 Å². The van der Waals surface area contributed by atoms with Gasteiger partial charge in [-0.25, -0.2) is 4.68 Å². The molecule has 0 bridgehead atoms. The number of aryl methyl sites for hydroxylation is 1. The lowest BCUT2D eigenvalue weighted by Crippen LogP contribution is -2.34. The highest BCUT2D eigenvalue weighted by molar-refractivity contribution is 7.18. The predicted molar refractivity (Wildman–Crippen MR) is 90.8 cm³/mol. The van der Waals surface area contributed by atoms with Gasteiger partial charge in [0.2, 0.25) is 5.91 Å². The first kappa shape index (κ1) is 16.1. The van der Waals surface area contributed by atoms with Crippen molar-refractivity contribution in [2.75, 3.05) is 6.54 Å². The van der Waals surface area contributed by atoms with Crippen LogP contribution < -0.4 is 10.9 Å². The minimum Gasteiger partial charge on any atom is -0.354 e. The number of aromatic nitrogens is 3. The van der Waals surface area contributed by atoms with Gasteiger partial charge in [-0.3, -0.25) is 9.59 Å². The van der Waals surface area contributed by atoms with Crippen molar-refractivity contribution in [3.63, 3.8) is 0 Å². The van der Waals surface area contributed by atoms with Crippen molar-refractivity contribution in [2.24, 2.45) is 5.92 Å². The monoisotopic (exact) mass is 334 g/mol. The molecule has 0 saturated carbocycles. The molecule has 1 atom stereocenters. The van der Waals surface area contributed by atoms with Gasteiger partial charge in [-0.2, -0.15) is 0 Å². The van der Waals surface area contributed by atoms with Crippen LogP contribution in [0.5, 0.6) is 0 Å². The zero-order chi connectivity index (χ0) is 16.4. The summed E-state index contributed by atoms with van der Waals surface area (Å²) in [6, 6.07) is 0. The summed E-state index contributed by atoms with van der Waals surface area (Å²) in [5, 5.41) is 11.6. The minimum absolute atomic E-state index is 0.0630. The molecular formula is C16H22N4O2S. The predicted octanol–water partition coefficient (Wildman–Crippen LogP) is 1.89. The maximum atomic E-state index is 12.7. The molecule has 0 radical (unpaired) electrons. The van der Waals surface area contributed by atoms with Crippen LogP contribution in [0.15, 0.2) is 4.79 Å². The maximum absolute atomic E-state index is 12.7. The number of rotatable bonds is 5. The van der Waals surface area contributed by atoms with Crippen molar-refractivity contribution in [1.29, 1.82) is 0 Å². The molecule has 6 nitrogen and oxygen atoms in total. The highest BCUT2D eigenvalue weighted by Crippen LogP contribution is 2.35. The zero-order valence-corrected chi connectivity index (χ0v) is 14.4. The van der Waals surface area contributed by atoms with E-state index in [4.69, 9.17) is 0 Å². The van der Waals surface area contributed by atoms with Crippen LogP contribution in [0, 0.1) is 5.92 Å². The van der Waals surface area contributed by atoms with Crippen LogP contribution in [0.3, 0.4) is 0 Å². The van der Waals surface area contributed by atoms with Crippen LogP contribution >= 0.6 is 11.3 Å². The van der Waals surface area contributed by atoms with Gasteiger partial charge in [-0.05, 0) is 37.2 Å². The third kappa shape index (κ3) is 3.29.